The van der Waals surface area contributed by atoms with Crippen molar-refractivity contribution in [3.05, 3.63) is 41.7 Å². The van der Waals surface area contributed by atoms with Crippen LogP contribution in [0, 0.1) is 17.7 Å². The van der Waals surface area contributed by atoms with Gasteiger partial charge in [0.1, 0.15) is 12.0 Å². The molecule has 176 valence electrons. The van der Waals surface area contributed by atoms with Gasteiger partial charge in [-0.2, -0.15) is 5.10 Å². The molecule has 4 aromatic rings. The zero-order valence-corrected chi connectivity index (χ0v) is 17.6. The molecule has 2 saturated carbocycles. The van der Waals surface area contributed by atoms with Crippen molar-refractivity contribution in [2.75, 3.05) is 5.32 Å². The van der Waals surface area contributed by atoms with Gasteiger partial charge in [0.15, 0.2) is 11.5 Å². The molecule has 0 aliphatic heterocycles. The van der Waals surface area contributed by atoms with Crippen LogP contribution >= 0.6 is 0 Å². The van der Waals surface area contributed by atoms with E-state index in [1.165, 1.54) is 29.2 Å². The fourth-order valence-electron chi connectivity index (χ4n) is 4.42. The zero-order valence-electron chi connectivity index (χ0n) is 17.6. The monoisotopic (exact) mass is 473 g/mol. The number of aromatic amines is 1. The first kappa shape index (κ1) is 21.0. The second kappa shape index (κ2) is 7.49. The van der Waals surface area contributed by atoms with Gasteiger partial charge in [-0.05, 0) is 25.2 Å². The van der Waals surface area contributed by atoms with E-state index in [9.17, 15) is 18.0 Å². The number of alkyl halides is 3. The number of nitrogens with one attached hydrogen (secondary N) is 2. The Morgan fingerprint density at radius 2 is 2.00 bits per heavy atom. The van der Waals surface area contributed by atoms with Crippen LogP contribution in [0.3, 0.4) is 0 Å². The fraction of sp³-hybridized carbons (Fsp3) is 0.364. The lowest BCUT2D eigenvalue weighted by Crippen LogP contribution is -2.17. The normalized spacial score (nSPS) is 20.9. The second-order valence-corrected chi connectivity index (χ2v) is 8.85. The lowest BCUT2D eigenvalue weighted by molar-refractivity contribution is -0.117. The lowest BCUT2D eigenvalue weighted by Gasteiger charge is -2.19. The highest BCUT2D eigenvalue weighted by molar-refractivity contribution is 5.98. The van der Waals surface area contributed by atoms with Gasteiger partial charge in [-0.3, -0.25) is 14.9 Å². The first-order valence-corrected chi connectivity index (χ1v) is 10.9. The minimum atomic E-state index is -3.12. The van der Waals surface area contributed by atoms with Gasteiger partial charge in [0, 0.05) is 28.8 Å². The van der Waals surface area contributed by atoms with Crippen molar-refractivity contribution >= 4 is 28.3 Å². The number of carbonyl (C=O) groups excluding carboxylic acids is 1. The number of anilines is 1. The van der Waals surface area contributed by atoms with E-state index >= 15 is 4.39 Å². The molecule has 34 heavy (non-hydrogen) atoms. The summed E-state index contributed by atoms with van der Waals surface area (Å²) < 4.78 is 58.6. The smallest absolute Gasteiger partial charge is 0.267 e. The van der Waals surface area contributed by atoms with Crippen molar-refractivity contribution in [2.45, 2.75) is 37.9 Å². The molecule has 2 fully saturated rings. The molecule has 6 rings (SSSR count). The number of nitrogens with zero attached hydrogens (tertiary/aromatic N) is 4. The highest BCUT2D eigenvalue weighted by Crippen LogP contribution is 2.46. The summed E-state index contributed by atoms with van der Waals surface area (Å²) in [5.74, 6) is -2.03. The third-order valence-corrected chi connectivity index (χ3v) is 6.50. The summed E-state index contributed by atoms with van der Waals surface area (Å²) in [5, 5.41) is 9.49. The number of hydrogen-bond acceptors (Lipinski definition) is 5. The summed E-state index contributed by atoms with van der Waals surface area (Å²) in [4.78, 5) is 20.4. The van der Waals surface area contributed by atoms with Crippen LogP contribution in [-0.4, -0.2) is 36.6 Å². The minimum absolute atomic E-state index is 0.00833. The summed E-state index contributed by atoms with van der Waals surface area (Å²) in [6, 6.07) is -0.722. The molecule has 12 heteroatoms. The van der Waals surface area contributed by atoms with Crippen LogP contribution in [0.5, 0.6) is 0 Å². The topological polar surface area (TPSA) is 114 Å². The number of nitrogens with two attached hydrogens (primary N) is 1. The van der Waals surface area contributed by atoms with E-state index in [0.29, 0.717) is 5.65 Å². The third kappa shape index (κ3) is 3.31. The van der Waals surface area contributed by atoms with Crippen molar-refractivity contribution in [3.63, 3.8) is 0 Å². The Balaban J connectivity index is 1.47. The molecular formula is C22H19F4N7O. The molecule has 0 radical (unpaired) electrons. The van der Waals surface area contributed by atoms with Crippen LogP contribution in [0.25, 0.3) is 27.8 Å². The number of imidazole rings is 1. The molecule has 4 N–H and O–H groups in total. The van der Waals surface area contributed by atoms with Gasteiger partial charge in [-0.15, -0.1) is 0 Å². The predicted molar refractivity (Wildman–Crippen MR) is 114 cm³/mol. The number of benzene rings is 1. The summed E-state index contributed by atoms with van der Waals surface area (Å²) in [7, 11) is 0. The van der Waals surface area contributed by atoms with Crippen molar-refractivity contribution in [1.82, 2.24) is 24.6 Å². The van der Waals surface area contributed by atoms with E-state index in [1.807, 2.05) is 0 Å². The molecule has 0 spiro atoms. The zero-order chi connectivity index (χ0) is 23.7. The van der Waals surface area contributed by atoms with Gasteiger partial charge >= 0.3 is 0 Å². The number of carbonyl (C=O) groups is 1. The lowest BCUT2D eigenvalue weighted by atomic mass is 9.91. The molecule has 2 aliphatic rings. The number of hydrogen-bond donors (Lipinski definition) is 3. The molecule has 3 atom stereocenters. The molecule has 3 unspecified atom stereocenters. The number of halogens is 4. The Hall–Kier alpha value is -3.54. The number of H-pyrrole nitrogens is 1. The van der Waals surface area contributed by atoms with E-state index < -0.39 is 41.8 Å². The van der Waals surface area contributed by atoms with Crippen LogP contribution in [-0.2, 0) is 4.79 Å². The molecule has 8 nitrogen and oxygen atoms in total. The Labute approximate surface area is 189 Å². The first-order chi connectivity index (χ1) is 16.3. The number of rotatable bonds is 6. The molecule has 3 aromatic heterocycles. The van der Waals surface area contributed by atoms with Gasteiger partial charge in [-0.1, -0.05) is 0 Å². The van der Waals surface area contributed by atoms with Crippen molar-refractivity contribution in [3.8, 4) is 11.3 Å². The first-order valence-electron chi connectivity index (χ1n) is 10.9. The number of amides is 1. The maximum atomic E-state index is 15.6. The van der Waals surface area contributed by atoms with Crippen LogP contribution in [0.4, 0.5) is 23.4 Å². The van der Waals surface area contributed by atoms with E-state index in [-0.39, 0.29) is 45.9 Å². The molecule has 1 aromatic carbocycles. The average Bonchev–Trinajstić information content (AvgIpc) is 3.68. The van der Waals surface area contributed by atoms with Gasteiger partial charge in [0.25, 0.3) is 6.43 Å². The molecule has 0 bridgehead atoms. The van der Waals surface area contributed by atoms with Crippen LogP contribution in [0.15, 0.2) is 24.8 Å². The standard InChI is InChI=1S/C22H19F4N7O/c23-11-3-9(11)22(34)31-13-7-33-6-12(28-5-14(33)30-13)15-10-4-29-32-20(10)17(19(27)8-1-2-8)18(24)16(15)21(25)26/h4-9,11,19,21H,1-3,27H2,(H,29,32)(H,31,34). The quantitative estimate of drug-likeness (QED) is 0.366. The maximum Gasteiger partial charge on any atom is 0.267 e. The van der Waals surface area contributed by atoms with Crippen molar-refractivity contribution in [1.29, 1.82) is 0 Å². The summed E-state index contributed by atoms with van der Waals surface area (Å²) >= 11 is 0. The van der Waals surface area contributed by atoms with Crippen LogP contribution in [0.2, 0.25) is 0 Å². The van der Waals surface area contributed by atoms with Crippen LogP contribution < -0.4 is 11.1 Å². The molecule has 0 saturated heterocycles. The van der Waals surface area contributed by atoms with Crippen LogP contribution in [0.1, 0.15) is 42.9 Å². The third-order valence-electron chi connectivity index (χ3n) is 6.50. The van der Waals surface area contributed by atoms with Gasteiger partial charge in [-0.25, -0.2) is 22.5 Å². The molecule has 1 amide bonds. The minimum Gasteiger partial charge on any atom is -0.324 e. The van der Waals surface area contributed by atoms with E-state index in [4.69, 9.17) is 5.73 Å². The SMILES string of the molecule is NC(c1c(F)c(C(F)F)c(-c2cn3cc(NC(=O)C4CC4F)nc3cn2)c2cn[nH]c12)C1CC1. The highest BCUT2D eigenvalue weighted by Gasteiger charge is 2.44. The Bertz CT molecular complexity index is 1440. The molecule has 2 aliphatic carbocycles. The summed E-state index contributed by atoms with van der Waals surface area (Å²) in [6.45, 7) is 0. The van der Waals surface area contributed by atoms with Gasteiger partial charge in [0.05, 0.1) is 41.3 Å². The number of aromatic nitrogens is 5. The maximum absolute atomic E-state index is 15.6. The van der Waals surface area contributed by atoms with E-state index in [2.05, 4.69) is 25.5 Å². The van der Waals surface area contributed by atoms with E-state index in [1.54, 1.807) is 0 Å². The largest absolute Gasteiger partial charge is 0.324 e. The fourth-order valence-corrected chi connectivity index (χ4v) is 4.42. The van der Waals surface area contributed by atoms with Crippen molar-refractivity contribution in [2.24, 2.45) is 17.6 Å². The Kier molecular flexibility index (Phi) is 4.63. The van der Waals surface area contributed by atoms with Gasteiger partial charge < -0.3 is 15.5 Å². The van der Waals surface area contributed by atoms with Crippen molar-refractivity contribution < 1.29 is 22.4 Å². The average molecular weight is 473 g/mol. The van der Waals surface area contributed by atoms with Gasteiger partial charge in [0.2, 0.25) is 5.91 Å². The Morgan fingerprint density at radius 3 is 2.68 bits per heavy atom. The predicted octanol–water partition coefficient (Wildman–Crippen LogP) is 4.06. The molecular weight excluding hydrogens is 454 g/mol. The summed E-state index contributed by atoms with van der Waals surface area (Å²) in [6.07, 6.45) is 3.07. The number of fused-ring (bicyclic) bond motifs is 2. The highest BCUT2D eigenvalue weighted by atomic mass is 19.3. The second-order valence-electron chi connectivity index (χ2n) is 8.85. The summed E-state index contributed by atoms with van der Waals surface area (Å²) in [5.41, 5.74) is 6.00. The molecule has 3 heterocycles. The Morgan fingerprint density at radius 1 is 1.24 bits per heavy atom. The van der Waals surface area contributed by atoms with E-state index in [0.717, 1.165) is 12.8 Å².